The molecule has 0 saturated heterocycles. The lowest BCUT2D eigenvalue weighted by atomic mass is 10.0. The molecule has 1 unspecified atom stereocenters. The highest BCUT2D eigenvalue weighted by Gasteiger charge is 2.09. The van der Waals surface area contributed by atoms with Crippen molar-refractivity contribution in [3.63, 3.8) is 0 Å². The number of aliphatic hydroxyl groups is 1. The molecule has 0 aromatic heterocycles. The zero-order valence-corrected chi connectivity index (χ0v) is 9.37. The van der Waals surface area contributed by atoms with E-state index < -0.39 is 6.10 Å². The molecule has 0 aliphatic heterocycles. The summed E-state index contributed by atoms with van der Waals surface area (Å²) in [6.45, 7) is 5.82. The zero-order chi connectivity index (χ0) is 11.4. The van der Waals surface area contributed by atoms with Gasteiger partial charge in [-0.25, -0.2) is 0 Å². The number of carbonyl (C=O) groups is 1. The van der Waals surface area contributed by atoms with Crippen LogP contribution in [0.25, 0.3) is 0 Å². The molecule has 82 valence electrons. The molecule has 1 atom stereocenters. The molecule has 1 amide bonds. The van der Waals surface area contributed by atoms with E-state index in [2.05, 4.69) is 5.32 Å². The first kappa shape index (κ1) is 11.7. The molecule has 2 N–H and O–H groups in total. The largest absolute Gasteiger partial charge is 0.392 e. The number of aryl methyl sites for hydroxylation is 1. The second kappa shape index (κ2) is 4.94. The Bertz CT molecular complexity index is 359. The van der Waals surface area contributed by atoms with Crippen molar-refractivity contribution in [2.45, 2.75) is 26.9 Å². The Morgan fingerprint density at radius 3 is 2.73 bits per heavy atom. The fraction of sp³-hybridized carbons (Fsp3) is 0.417. The van der Waals surface area contributed by atoms with Gasteiger partial charge in [0, 0.05) is 12.1 Å². The van der Waals surface area contributed by atoms with E-state index in [0.29, 0.717) is 5.56 Å². The summed E-state index contributed by atoms with van der Waals surface area (Å²) >= 11 is 0. The molecule has 0 heterocycles. The van der Waals surface area contributed by atoms with Crippen molar-refractivity contribution in [2.24, 2.45) is 0 Å². The molecule has 0 fully saturated rings. The number of nitrogens with one attached hydrogen (secondary N) is 1. The maximum atomic E-state index is 11.7. The van der Waals surface area contributed by atoms with Gasteiger partial charge in [0.1, 0.15) is 0 Å². The monoisotopic (exact) mass is 207 g/mol. The van der Waals surface area contributed by atoms with Gasteiger partial charge in [0.2, 0.25) is 0 Å². The molecule has 0 bridgehead atoms. The number of hydrogen-bond acceptors (Lipinski definition) is 2. The third-order valence-electron chi connectivity index (χ3n) is 2.41. The van der Waals surface area contributed by atoms with Gasteiger partial charge < -0.3 is 10.4 Å². The zero-order valence-electron chi connectivity index (χ0n) is 9.37. The van der Waals surface area contributed by atoms with Gasteiger partial charge in [0.25, 0.3) is 5.91 Å². The second-order valence-corrected chi connectivity index (χ2v) is 3.81. The Hall–Kier alpha value is -1.35. The molecule has 0 spiro atoms. The van der Waals surface area contributed by atoms with E-state index in [1.165, 1.54) is 0 Å². The fourth-order valence-electron chi connectivity index (χ4n) is 1.33. The molecule has 0 aliphatic rings. The van der Waals surface area contributed by atoms with Crippen molar-refractivity contribution in [3.8, 4) is 0 Å². The van der Waals surface area contributed by atoms with Crippen LogP contribution in [0.5, 0.6) is 0 Å². The number of rotatable bonds is 3. The minimum atomic E-state index is -0.515. The lowest BCUT2D eigenvalue weighted by Gasteiger charge is -2.10. The van der Waals surface area contributed by atoms with Crippen molar-refractivity contribution in [1.82, 2.24) is 5.32 Å². The molecule has 1 aromatic rings. The van der Waals surface area contributed by atoms with Gasteiger partial charge in [0.15, 0.2) is 0 Å². The van der Waals surface area contributed by atoms with E-state index in [-0.39, 0.29) is 12.5 Å². The van der Waals surface area contributed by atoms with Crippen LogP contribution in [0.3, 0.4) is 0 Å². The van der Waals surface area contributed by atoms with Gasteiger partial charge in [-0.15, -0.1) is 0 Å². The van der Waals surface area contributed by atoms with Crippen LogP contribution < -0.4 is 5.32 Å². The van der Waals surface area contributed by atoms with E-state index in [0.717, 1.165) is 11.1 Å². The predicted octanol–water partition coefficient (Wildman–Crippen LogP) is 1.41. The summed E-state index contributed by atoms with van der Waals surface area (Å²) in [7, 11) is 0. The SMILES string of the molecule is Cc1cccc(C(=O)NCC(C)O)c1C. The summed E-state index contributed by atoms with van der Waals surface area (Å²) in [5, 5.41) is 11.7. The summed E-state index contributed by atoms with van der Waals surface area (Å²) in [4.78, 5) is 11.7. The first-order chi connectivity index (χ1) is 7.02. The van der Waals surface area contributed by atoms with E-state index >= 15 is 0 Å². The third kappa shape index (κ3) is 3.06. The van der Waals surface area contributed by atoms with E-state index in [9.17, 15) is 4.79 Å². The Labute approximate surface area is 90.1 Å². The number of benzene rings is 1. The Morgan fingerprint density at radius 1 is 1.47 bits per heavy atom. The highest BCUT2D eigenvalue weighted by Crippen LogP contribution is 2.12. The van der Waals surface area contributed by atoms with Gasteiger partial charge in [-0.05, 0) is 38.0 Å². The van der Waals surface area contributed by atoms with Crippen LogP contribution in [0.2, 0.25) is 0 Å². The third-order valence-corrected chi connectivity index (χ3v) is 2.41. The van der Waals surface area contributed by atoms with Crippen molar-refractivity contribution in [1.29, 1.82) is 0 Å². The summed E-state index contributed by atoms with van der Waals surface area (Å²) in [6.07, 6.45) is -0.515. The maximum absolute atomic E-state index is 11.7. The number of hydrogen-bond donors (Lipinski definition) is 2. The number of carbonyl (C=O) groups excluding carboxylic acids is 1. The molecule has 0 saturated carbocycles. The summed E-state index contributed by atoms with van der Waals surface area (Å²) < 4.78 is 0. The van der Waals surface area contributed by atoms with Crippen LogP contribution in [-0.2, 0) is 0 Å². The Balaban J connectivity index is 2.78. The second-order valence-electron chi connectivity index (χ2n) is 3.81. The van der Waals surface area contributed by atoms with E-state index in [1.807, 2.05) is 26.0 Å². The van der Waals surface area contributed by atoms with Crippen molar-refractivity contribution >= 4 is 5.91 Å². The molecule has 0 radical (unpaired) electrons. The highest BCUT2D eigenvalue weighted by atomic mass is 16.3. The van der Waals surface area contributed by atoms with Crippen LogP contribution in [0.4, 0.5) is 0 Å². The van der Waals surface area contributed by atoms with Gasteiger partial charge in [-0.3, -0.25) is 4.79 Å². The topological polar surface area (TPSA) is 49.3 Å². The standard InChI is InChI=1S/C12H17NO2/c1-8-5-4-6-11(10(8)3)12(15)13-7-9(2)14/h4-6,9,14H,7H2,1-3H3,(H,13,15). The number of aliphatic hydroxyl groups excluding tert-OH is 1. The molecular weight excluding hydrogens is 190 g/mol. The summed E-state index contributed by atoms with van der Waals surface area (Å²) in [5.41, 5.74) is 2.76. The molecule has 1 aromatic carbocycles. The smallest absolute Gasteiger partial charge is 0.251 e. The van der Waals surface area contributed by atoms with Gasteiger partial charge in [-0.2, -0.15) is 0 Å². The molecule has 15 heavy (non-hydrogen) atoms. The van der Waals surface area contributed by atoms with Gasteiger partial charge in [-0.1, -0.05) is 12.1 Å². The fourth-order valence-corrected chi connectivity index (χ4v) is 1.33. The first-order valence-electron chi connectivity index (χ1n) is 5.05. The van der Waals surface area contributed by atoms with E-state index in [1.54, 1.807) is 13.0 Å². The van der Waals surface area contributed by atoms with Gasteiger partial charge in [0.05, 0.1) is 6.10 Å². The average molecular weight is 207 g/mol. The van der Waals surface area contributed by atoms with Crippen LogP contribution >= 0.6 is 0 Å². The predicted molar refractivity (Wildman–Crippen MR) is 59.9 cm³/mol. The van der Waals surface area contributed by atoms with Gasteiger partial charge >= 0.3 is 0 Å². The van der Waals surface area contributed by atoms with Crippen LogP contribution in [0.1, 0.15) is 28.4 Å². The van der Waals surface area contributed by atoms with Crippen molar-refractivity contribution < 1.29 is 9.90 Å². The number of amides is 1. The summed E-state index contributed by atoms with van der Waals surface area (Å²) in [5.74, 6) is -0.128. The first-order valence-corrected chi connectivity index (χ1v) is 5.05. The summed E-state index contributed by atoms with van der Waals surface area (Å²) in [6, 6.07) is 5.63. The van der Waals surface area contributed by atoms with Crippen molar-refractivity contribution in [3.05, 3.63) is 34.9 Å². The lowest BCUT2D eigenvalue weighted by Crippen LogP contribution is -2.31. The normalized spacial score (nSPS) is 12.3. The average Bonchev–Trinajstić information content (AvgIpc) is 2.18. The molecule has 1 rings (SSSR count). The molecule has 3 nitrogen and oxygen atoms in total. The highest BCUT2D eigenvalue weighted by molar-refractivity contribution is 5.95. The maximum Gasteiger partial charge on any atom is 0.251 e. The molecular formula is C12H17NO2. The van der Waals surface area contributed by atoms with Crippen LogP contribution in [0, 0.1) is 13.8 Å². The Morgan fingerprint density at radius 2 is 2.13 bits per heavy atom. The van der Waals surface area contributed by atoms with E-state index in [4.69, 9.17) is 5.11 Å². The van der Waals surface area contributed by atoms with Crippen LogP contribution in [0.15, 0.2) is 18.2 Å². The minimum absolute atomic E-state index is 0.128. The minimum Gasteiger partial charge on any atom is -0.392 e. The quantitative estimate of drug-likeness (QED) is 0.787. The lowest BCUT2D eigenvalue weighted by molar-refractivity contribution is 0.0923. The van der Waals surface area contributed by atoms with Crippen LogP contribution in [-0.4, -0.2) is 23.7 Å². The van der Waals surface area contributed by atoms with Crippen molar-refractivity contribution in [2.75, 3.05) is 6.54 Å². The molecule has 3 heteroatoms. The Kier molecular flexibility index (Phi) is 3.86. The molecule has 0 aliphatic carbocycles.